The zero-order chi connectivity index (χ0) is 17.9. The minimum absolute atomic E-state index is 0.187. The predicted octanol–water partition coefficient (Wildman–Crippen LogP) is 4.65. The van der Waals surface area contributed by atoms with Crippen molar-refractivity contribution in [2.45, 2.75) is 56.7 Å². The van der Waals surface area contributed by atoms with Gasteiger partial charge in [0, 0.05) is 11.4 Å². The van der Waals surface area contributed by atoms with Gasteiger partial charge in [-0.1, -0.05) is 24.9 Å². The van der Waals surface area contributed by atoms with Crippen LogP contribution in [-0.2, 0) is 20.9 Å². The molecule has 11 heteroatoms. The molecule has 1 aromatic rings. The van der Waals surface area contributed by atoms with E-state index in [0.717, 1.165) is 11.4 Å². The molecule has 1 aromatic heterocycles. The van der Waals surface area contributed by atoms with Gasteiger partial charge in [-0.15, -0.1) is 0 Å². The molecule has 0 aliphatic heterocycles. The molecule has 0 amide bonds. The van der Waals surface area contributed by atoms with Crippen LogP contribution in [0, 0.1) is 0 Å². The normalized spacial score (nSPS) is 16.8. The molecular weight excluding hydrogens is 398 g/mol. The van der Waals surface area contributed by atoms with Crippen LogP contribution in [-0.4, -0.2) is 30.8 Å². The summed E-state index contributed by atoms with van der Waals surface area (Å²) in [7, 11) is 0. The summed E-state index contributed by atoms with van der Waals surface area (Å²) in [6.07, 6.45) is 3.62. The first-order valence-electron chi connectivity index (χ1n) is 6.90. The molecule has 2 unspecified atom stereocenters. The van der Waals surface area contributed by atoms with Gasteiger partial charge in [0.15, 0.2) is 11.6 Å². The van der Waals surface area contributed by atoms with Gasteiger partial charge in [-0.3, -0.25) is 4.57 Å². The summed E-state index contributed by atoms with van der Waals surface area (Å²) < 4.78 is 19.2. The van der Waals surface area contributed by atoms with Gasteiger partial charge in [0.05, 0.1) is 23.0 Å². The molecule has 0 aliphatic carbocycles. The second kappa shape index (κ2) is 8.24. The Balaban J connectivity index is 3.27. The van der Waals surface area contributed by atoms with Gasteiger partial charge in [0.2, 0.25) is 0 Å². The van der Waals surface area contributed by atoms with Crippen LogP contribution in [0.3, 0.4) is 0 Å². The molecular formula is C12H21ClN2O4P2S2. The third-order valence-electron chi connectivity index (χ3n) is 2.51. The van der Waals surface area contributed by atoms with E-state index in [1.54, 1.807) is 20.8 Å². The lowest BCUT2D eigenvalue weighted by Gasteiger charge is -2.33. The van der Waals surface area contributed by atoms with Gasteiger partial charge in [0.1, 0.15) is 5.40 Å². The maximum atomic E-state index is 13.5. The Labute approximate surface area is 150 Å². The molecule has 0 spiro atoms. The predicted molar refractivity (Wildman–Crippen MR) is 98.8 cm³/mol. The van der Waals surface area contributed by atoms with Crippen molar-refractivity contribution in [3.63, 3.8) is 0 Å². The van der Waals surface area contributed by atoms with Gasteiger partial charge in [-0.2, -0.15) is 0 Å². The van der Waals surface area contributed by atoms with E-state index in [9.17, 15) is 14.4 Å². The van der Waals surface area contributed by atoms with Crippen molar-refractivity contribution in [1.82, 2.24) is 9.97 Å². The van der Waals surface area contributed by atoms with Crippen molar-refractivity contribution in [1.29, 1.82) is 0 Å². The second-order valence-corrected chi connectivity index (χ2v) is 14.6. The molecule has 2 N–H and O–H groups in total. The summed E-state index contributed by atoms with van der Waals surface area (Å²) in [5, 5.41) is -0.509. The molecule has 2 atom stereocenters. The lowest BCUT2D eigenvalue weighted by molar-refractivity contribution is 0.139. The Morgan fingerprint density at radius 2 is 1.91 bits per heavy atom. The summed E-state index contributed by atoms with van der Waals surface area (Å²) in [5.74, 6) is 0. The van der Waals surface area contributed by atoms with E-state index in [0.29, 0.717) is 11.4 Å². The average Bonchev–Trinajstić information content (AvgIpc) is 2.35. The van der Waals surface area contributed by atoms with Crippen LogP contribution in [0.15, 0.2) is 17.6 Å². The summed E-state index contributed by atoms with van der Waals surface area (Å²) in [6, 6.07) is 0. The molecule has 6 nitrogen and oxygen atoms in total. The van der Waals surface area contributed by atoms with Gasteiger partial charge < -0.3 is 14.3 Å². The van der Waals surface area contributed by atoms with Crippen molar-refractivity contribution in [2.24, 2.45) is 0 Å². The Morgan fingerprint density at radius 3 is 2.30 bits per heavy atom. The number of halogens is 1. The molecule has 132 valence electrons. The Hall–Kier alpha value is 0.480. The molecule has 0 radical (unpaired) electrons. The molecule has 0 saturated carbocycles. The van der Waals surface area contributed by atoms with E-state index in [4.69, 9.17) is 27.9 Å². The van der Waals surface area contributed by atoms with Crippen molar-refractivity contribution in [3.8, 4) is 0 Å². The molecule has 0 bridgehead atoms. The quantitative estimate of drug-likeness (QED) is 0.488. The molecule has 0 aromatic carbocycles. The number of rotatable bonds is 7. The number of aromatic nitrogens is 2. The fraction of sp³-hybridized carbons (Fsp3) is 0.667. The Kier molecular flexibility index (Phi) is 7.71. The monoisotopic (exact) mass is 418 g/mol. The highest BCUT2D eigenvalue weighted by Crippen LogP contribution is 2.76. The summed E-state index contributed by atoms with van der Waals surface area (Å²) in [5.41, 5.74) is -0.758. The van der Waals surface area contributed by atoms with E-state index in [1.165, 1.54) is 12.4 Å². The van der Waals surface area contributed by atoms with Gasteiger partial charge in [-0.25, -0.2) is 9.97 Å². The van der Waals surface area contributed by atoms with Crippen molar-refractivity contribution < 1.29 is 18.9 Å². The summed E-state index contributed by atoms with van der Waals surface area (Å²) in [4.78, 5) is 28.0. The van der Waals surface area contributed by atoms with Crippen LogP contribution in [0.2, 0.25) is 5.02 Å². The van der Waals surface area contributed by atoms with Crippen LogP contribution in [0.1, 0.15) is 40.5 Å². The number of hydrogen-bond acceptors (Lipinski definition) is 6. The van der Waals surface area contributed by atoms with Gasteiger partial charge in [-0.05, 0) is 39.0 Å². The van der Waals surface area contributed by atoms with Gasteiger partial charge in [0.25, 0.3) is 6.57 Å². The van der Waals surface area contributed by atoms with Crippen molar-refractivity contribution in [2.75, 3.05) is 0 Å². The smallest absolute Gasteiger partial charge is 0.278 e. The minimum atomic E-state index is -3.80. The third kappa shape index (κ3) is 7.09. The fourth-order valence-electron chi connectivity index (χ4n) is 1.75. The summed E-state index contributed by atoms with van der Waals surface area (Å²) in [6.45, 7) is -0.365. The Bertz CT molecular complexity index is 618. The lowest BCUT2D eigenvalue weighted by atomic mass is 10.2. The molecule has 23 heavy (non-hydrogen) atoms. The molecule has 1 heterocycles. The zero-order valence-corrected chi connectivity index (χ0v) is 17.5. The van der Waals surface area contributed by atoms with E-state index in [2.05, 4.69) is 9.97 Å². The van der Waals surface area contributed by atoms with E-state index < -0.39 is 24.1 Å². The van der Waals surface area contributed by atoms with Crippen molar-refractivity contribution >= 4 is 47.9 Å². The highest BCUT2D eigenvalue weighted by molar-refractivity contribution is 8.58. The summed E-state index contributed by atoms with van der Waals surface area (Å²) >= 11 is 11.4. The second-order valence-electron chi connectivity index (χ2n) is 5.88. The number of nitrogens with zero attached hydrogens (tertiary/aromatic N) is 2. The minimum Gasteiger partial charge on any atom is -0.345 e. The van der Waals surface area contributed by atoms with Crippen LogP contribution < -0.4 is 0 Å². The highest BCUT2D eigenvalue weighted by Gasteiger charge is 2.46. The molecule has 0 saturated heterocycles. The van der Waals surface area contributed by atoms with Crippen LogP contribution in [0.25, 0.3) is 0 Å². The Morgan fingerprint density at radius 1 is 1.39 bits per heavy atom. The largest absolute Gasteiger partial charge is 0.345 e. The first kappa shape index (κ1) is 21.5. The first-order valence-corrected chi connectivity index (χ1v) is 13.2. The molecule has 0 fully saturated rings. The maximum Gasteiger partial charge on any atom is 0.278 e. The third-order valence-corrected chi connectivity index (χ3v) is 12.0. The zero-order valence-electron chi connectivity index (χ0n) is 13.3. The molecule has 1 rings (SSSR count). The van der Waals surface area contributed by atoms with Crippen LogP contribution in [0.4, 0.5) is 0 Å². The van der Waals surface area contributed by atoms with Gasteiger partial charge >= 0.3 is 0 Å². The SMILES string of the molecule is CCCC(P(=O)(OC(C)(C)C)Sc1ncc(Cl)cn1)P(O)(O)=S. The van der Waals surface area contributed by atoms with Crippen LogP contribution in [0.5, 0.6) is 0 Å². The average molecular weight is 419 g/mol. The van der Waals surface area contributed by atoms with Crippen LogP contribution >= 0.6 is 36.0 Å². The lowest BCUT2D eigenvalue weighted by Crippen LogP contribution is -2.21. The first-order chi connectivity index (χ1) is 10.4. The fourth-order valence-corrected chi connectivity index (χ4v) is 12.1. The number of hydrogen-bond donors (Lipinski definition) is 2. The van der Waals surface area contributed by atoms with E-state index >= 15 is 0 Å². The van der Waals surface area contributed by atoms with E-state index in [1.807, 2.05) is 6.92 Å². The van der Waals surface area contributed by atoms with Crippen molar-refractivity contribution in [3.05, 3.63) is 17.4 Å². The molecule has 0 aliphatic rings. The van der Waals surface area contributed by atoms with E-state index in [-0.39, 0.29) is 11.6 Å². The highest BCUT2D eigenvalue weighted by atomic mass is 35.5. The standard InChI is InChI=1S/C12H21ClN2O4P2S2/c1-5-6-10(20(16,17)22)21(18,19-12(2,3)4)23-11-14-7-9(13)8-15-11/h7-8,10H,5-6H2,1-4H3,(H2,16,17,22). The topological polar surface area (TPSA) is 92.5 Å². The maximum absolute atomic E-state index is 13.5.